The Balaban J connectivity index is 2.91. The highest BCUT2D eigenvalue weighted by molar-refractivity contribution is 5.94. The first kappa shape index (κ1) is 14.8. The van der Waals surface area contributed by atoms with Crippen molar-refractivity contribution in [2.45, 2.75) is 25.9 Å². The topological polar surface area (TPSA) is 122 Å². The number of amides is 1. The van der Waals surface area contributed by atoms with Gasteiger partial charge in [0.15, 0.2) is 6.04 Å². The minimum Gasteiger partial charge on any atom is -0.480 e. The Kier molecular flexibility index (Phi) is 5.19. The quantitative estimate of drug-likeness (QED) is 0.598. The van der Waals surface area contributed by atoms with Crippen molar-refractivity contribution in [2.75, 3.05) is 6.61 Å². The number of aryl methyl sites for hydroxylation is 1. The Bertz CT molecular complexity index is 525. The second-order valence-electron chi connectivity index (χ2n) is 3.83. The van der Waals surface area contributed by atoms with E-state index in [2.05, 4.69) is 10.4 Å². The summed E-state index contributed by atoms with van der Waals surface area (Å²) in [5.41, 5.74) is -0.414. The van der Waals surface area contributed by atoms with Crippen molar-refractivity contribution in [1.82, 2.24) is 15.1 Å². The molecule has 0 fully saturated rings. The third-order valence-electron chi connectivity index (χ3n) is 2.32. The molecule has 0 aromatic carbocycles. The fraction of sp³-hybridized carbons (Fsp3) is 0.455. The molecular weight excluding hydrogens is 254 g/mol. The molecule has 8 nitrogen and oxygen atoms in total. The van der Waals surface area contributed by atoms with E-state index in [0.717, 1.165) is 4.68 Å². The second kappa shape index (κ2) is 6.64. The Hall–Kier alpha value is -2.22. The fourth-order valence-corrected chi connectivity index (χ4v) is 1.36. The maximum absolute atomic E-state index is 11.7. The van der Waals surface area contributed by atoms with E-state index in [-0.39, 0.29) is 11.3 Å². The monoisotopic (exact) mass is 269 g/mol. The van der Waals surface area contributed by atoms with Crippen LogP contribution in [0.15, 0.2) is 16.9 Å². The lowest BCUT2D eigenvalue weighted by molar-refractivity contribution is -0.140. The minimum atomic E-state index is -1.40. The lowest BCUT2D eigenvalue weighted by Gasteiger charge is -2.11. The van der Waals surface area contributed by atoms with Crippen molar-refractivity contribution in [3.8, 4) is 0 Å². The summed E-state index contributed by atoms with van der Waals surface area (Å²) in [6.45, 7) is 1.49. The van der Waals surface area contributed by atoms with Gasteiger partial charge >= 0.3 is 5.97 Å². The van der Waals surface area contributed by atoms with E-state index < -0.39 is 24.5 Å². The van der Waals surface area contributed by atoms with Crippen LogP contribution in [0, 0.1) is 0 Å². The largest absolute Gasteiger partial charge is 0.480 e. The SMILES string of the molecule is CCCn1nc(C(=O)NC(CO)C(=O)O)ccc1=O. The van der Waals surface area contributed by atoms with Crippen molar-refractivity contribution >= 4 is 11.9 Å². The minimum absolute atomic E-state index is 0.0762. The number of hydrogen-bond acceptors (Lipinski definition) is 5. The summed E-state index contributed by atoms with van der Waals surface area (Å²) in [7, 11) is 0. The third kappa shape index (κ3) is 3.88. The third-order valence-corrected chi connectivity index (χ3v) is 2.32. The fourth-order valence-electron chi connectivity index (χ4n) is 1.36. The zero-order valence-electron chi connectivity index (χ0n) is 10.4. The van der Waals surface area contributed by atoms with Crippen LogP contribution in [0.5, 0.6) is 0 Å². The number of nitrogens with one attached hydrogen (secondary N) is 1. The Morgan fingerprint density at radius 1 is 1.47 bits per heavy atom. The number of nitrogens with zero attached hydrogens (tertiary/aromatic N) is 2. The van der Waals surface area contributed by atoms with Gasteiger partial charge in [0.05, 0.1) is 6.61 Å². The maximum atomic E-state index is 11.7. The van der Waals surface area contributed by atoms with Gasteiger partial charge in [-0.1, -0.05) is 6.92 Å². The van der Waals surface area contributed by atoms with E-state index in [9.17, 15) is 14.4 Å². The highest BCUT2D eigenvalue weighted by atomic mass is 16.4. The maximum Gasteiger partial charge on any atom is 0.328 e. The zero-order valence-corrected chi connectivity index (χ0v) is 10.4. The van der Waals surface area contributed by atoms with Gasteiger partial charge in [-0.15, -0.1) is 0 Å². The van der Waals surface area contributed by atoms with Gasteiger partial charge in [0.25, 0.3) is 11.5 Å². The summed E-state index contributed by atoms with van der Waals surface area (Å²) in [5.74, 6) is -2.11. The summed E-state index contributed by atoms with van der Waals surface area (Å²) in [4.78, 5) is 33.8. The van der Waals surface area contributed by atoms with Crippen LogP contribution >= 0.6 is 0 Å². The van der Waals surface area contributed by atoms with Crippen molar-refractivity contribution in [1.29, 1.82) is 0 Å². The van der Waals surface area contributed by atoms with Crippen LogP contribution in [0.4, 0.5) is 0 Å². The molecule has 0 saturated heterocycles. The van der Waals surface area contributed by atoms with E-state index in [1.165, 1.54) is 12.1 Å². The van der Waals surface area contributed by atoms with Crippen LogP contribution in [0.2, 0.25) is 0 Å². The number of carboxylic acids is 1. The van der Waals surface area contributed by atoms with Gasteiger partial charge in [-0.3, -0.25) is 9.59 Å². The highest BCUT2D eigenvalue weighted by Crippen LogP contribution is 1.94. The molecule has 0 saturated carbocycles. The second-order valence-corrected chi connectivity index (χ2v) is 3.83. The molecule has 0 radical (unpaired) electrons. The summed E-state index contributed by atoms with van der Waals surface area (Å²) in [6, 6.07) is 0.993. The number of carbonyl (C=O) groups is 2. The molecule has 0 aliphatic rings. The summed E-state index contributed by atoms with van der Waals surface area (Å²) >= 11 is 0. The highest BCUT2D eigenvalue weighted by Gasteiger charge is 2.20. The molecular formula is C11H15N3O5. The van der Waals surface area contributed by atoms with E-state index in [0.29, 0.717) is 13.0 Å². The van der Waals surface area contributed by atoms with Gasteiger partial charge in [-0.05, 0) is 12.5 Å². The molecule has 8 heteroatoms. The predicted molar refractivity (Wildman–Crippen MR) is 64.8 cm³/mol. The summed E-state index contributed by atoms with van der Waals surface area (Å²) < 4.78 is 1.13. The van der Waals surface area contributed by atoms with E-state index in [1.807, 2.05) is 6.92 Å². The first-order valence-electron chi connectivity index (χ1n) is 5.72. The number of aromatic nitrogens is 2. The zero-order chi connectivity index (χ0) is 14.4. The number of aliphatic hydroxyl groups excluding tert-OH is 1. The van der Waals surface area contributed by atoms with E-state index >= 15 is 0 Å². The Labute approximate surface area is 108 Å². The van der Waals surface area contributed by atoms with Gasteiger partial charge in [-0.2, -0.15) is 5.10 Å². The Morgan fingerprint density at radius 2 is 2.16 bits per heavy atom. The molecule has 19 heavy (non-hydrogen) atoms. The molecule has 1 amide bonds. The summed E-state index contributed by atoms with van der Waals surface area (Å²) in [5, 5.41) is 23.4. The number of rotatable bonds is 6. The predicted octanol–water partition coefficient (Wildman–Crippen LogP) is -1.17. The van der Waals surface area contributed by atoms with Crippen molar-refractivity contribution in [3.63, 3.8) is 0 Å². The van der Waals surface area contributed by atoms with Crippen LogP contribution in [0.1, 0.15) is 23.8 Å². The van der Waals surface area contributed by atoms with Crippen LogP contribution < -0.4 is 10.9 Å². The van der Waals surface area contributed by atoms with Gasteiger partial charge in [0, 0.05) is 12.6 Å². The molecule has 1 atom stereocenters. The molecule has 0 aliphatic carbocycles. The molecule has 1 aromatic rings. The average molecular weight is 269 g/mol. The molecule has 1 rings (SSSR count). The molecule has 104 valence electrons. The number of aliphatic hydroxyl groups is 1. The van der Waals surface area contributed by atoms with E-state index in [1.54, 1.807) is 0 Å². The van der Waals surface area contributed by atoms with Crippen LogP contribution in [0.3, 0.4) is 0 Å². The number of carboxylic acid groups (broad SMARTS) is 1. The smallest absolute Gasteiger partial charge is 0.328 e. The van der Waals surface area contributed by atoms with E-state index in [4.69, 9.17) is 10.2 Å². The standard InChI is InChI=1S/C11H15N3O5/c1-2-5-14-9(16)4-3-7(13-14)10(17)12-8(6-15)11(18)19/h3-4,8,15H,2,5-6H2,1H3,(H,12,17)(H,18,19). The van der Waals surface area contributed by atoms with Crippen LogP contribution in [-0.2, 0) is 11.3 Å². The normalized spacial score (nSPS) is 11.9. The first-order valence-corrected chi connectivity index (χ1v) is 5.72. The molecule has 0 bridgehead atoms. The molecule has 1 aromatic heterocycles. The molecule has 1 heterocycles. The van der Waals surface area contributed by atoms with Crippen LogP contribution in [-0.4, -0.2) is 44.5 Å². The van der Waals surface area contributed by atoms with Crippen molar-refractivity contribution in [3.05, 3.63) is 28.2 Å². The average Bonchev–Trinajstić information content (AvgIpc) is 2.38. The van der Waals surface area contributed by atoms with Crippen LogP contribution in [0.25, 0.3) is 0 Å². The van der Waals surface area contributed by atoms with Gasteiger partial charge in [-0.25, -0.2) is 9.48 Å². The Morgan fingerprint density at radius 3 is 2.68 bits per heavy atom. The van der Waals surface area contributed by atoms with Gasteiger partial charge < -0.3 is 15.5 Å². The number of aliphatic carboxylic acids is 1. The summed E-state index contributed by atoms with van der Waals surface area (Å²) in [6.07, 6.45) is 0.673. The number of carbonyl (C=O) groups excluding carboxylic acids is 1. The molecule has 0 spiro atoms. The molecule has 3 N–H and O–H groups in total. The van der Waals surface area contributed by atoms with Gasteiger partial charge in [0.2, 0.25) is 0 Å². The molecule has 0 aliphatic heterocycles. The number of hydrogen-bond donors (Lipinski definition) is 3. The van der Waals surface area contributed by atoms with Crippen molar-refractivity contribution < 1.29 is 19.8 Å². The van der Waals surface area contributed by atoms with Crippen molar-refractivity contribution in [2.24, 2.45) is 0 Å². The lowest BCUT2D eigenvalue weighted by atomic mass is 10.3. The van der Waals surface area contributed by atoms with Gasteiger partial charge in [0.1, 0.15) is 5.69 Å². The lowest BCUT2D eigenvalue weighted by Crippen LogP contribution is -2.44. The molecule has 1 unspecified atom stereocenters. The first-order chi connectivity index (χ1) is 8.99.